The molecule has 0 aliphatic carbocycles. The fourth-order valence-corrected chi connectivity index (χ4v) is 3.98. The highest BCUT2D eigenvalue weighted by atomic mass is 16.7. The summed E-state index contributed by atoms with van der Waals surface area (Å²) in [4.78, 5) is 24.6. The molecule has 28 heavy (non-hydrogen) atoms. The van der Waals surface area contributed by atoms with Gasteiger partial charge in [-0.25, -0.2) is 5.06 Å². The van der Waals surface area contributed by atoms with Crippen LogP contribution < -0.4 is 4.74 Å². The van der Waals surface area contributed by atoms with E-state index in [1.54, 1.807) is 7.11 Å². The highest BCUT2D eigenvalue weighted by Crippen LogP contribution is 2.35. The quantitative estimate of drug-likeness (QED) is 0.712. The van der Waals surface area contributed by atoms with Gasteiger partial charge < -0.3 is 9.72 Å². The maximum Gasteiger partial charge on any atom is 0.278 e. The molecule has 1 N–H and O–H groups in total. The Morgan fingerprint density at radius 3 is 2.82 bits per heavy atom. The Labute approximate surface area is 162 Å². The molecule has 1 saturated heterocycles. The number of benzene rings is 2. The van der Waals surface area contributed by atoms with Gasteiger partial charge in [-0.3, -0.25) is 14.5 Å². The van der Waals surface area contributed by atoms with Gasteiger partial charge in [0.05, 0.1) is 13.2 Å². The maximum atomic E-state index is 13.0. The van der Waals surface area contributed by atoms with E-state index in [2.05, 4.69) is 28.1 Å². The predicted molar refractivity (Wildman–Crippen MR) is 106 cm³/mol. The number of aromatic nitrogens is 1. The lowest BCUT2D eigenvalue weighted by molar-refractivity contribution is -0.232. The Balaban J connectivity index is 1.39. The molecule has 5 rings (SSSR count). The monoisotopic (exact) mass is 375 g/mol. The number of H-pyrrole nitrogens is 1. The minimum absolute atomic E-state index is 0.0760. The number of rotatable bonds is 3. The smallest absolute Gasteiger partial charge is 0.278 e. The molecule has 1 fully saturated rings. The molecular weight excluding hydrogens is 354 g/mol. The van der Waals surface area contributed by atoms with Gasteiger partial charge in [0.25, 0.3) is 5.91 Å². The van der Waals surface area contributed by atoms with E-state index in [9.17, 15) is 4.79 Å². The van der Waals surface area contributed by atoms with E-state index in [1.165, 1.54) is 5.06 Å². The van der Waals surface area contributed by atoms with E-state index in [0.717, 1.165) is 28.8 Å². The largest absolute Gasteiger partial charge is 0.497 e. The molecule has 3 aromatic rings. The van der Waals surface area contributed by atoms with Crippen molar-refractivity contribution in [1.82, 2.24) is 14.9 Å². The zero-order chi connectivity index (χ0) is 19.1. The van der Waals surface area contributed by atoms with Crippen LogP contribution in [0.1, 0.15) is 22.0 Å². The van der Waals surface area contributed by atoms with Gasteiger partial charge in [-0.1, -0.05) is 24.3 Å². The molecule has 1 amide bonds. The number of carbonyl (C=O) groups excluding carboxylic acids is 1. The van der Waals surface area contributed by atoms with Crippen molar-refractivity contribution in [3.63, 3.8) is 0 Å². The standard InChI is InChI=1S/C22H21N3O3/c1-27-18-7-4-15(5-8-18)21-20-3-2-12-24(21)14-25(28-20)22(26)17-6-9-19-16(13-17)10-11-23-19/h2-11,13,20-21,23H,12,14H2,1H3. The Hall–Kier alpha value is -3.09. The van der Waals surface area contributed by atoms with E-state index >= 15 is 0 Å². The van der Waals surface area contributed by atoms with Crippen molar-refractivity contribution >= 4 is 16.8 Å². The van der Waals surface area contributed by atoms with Gasteiger partial charge >= 0.3 is 0 Å². The third-order valence-electron chi connectivity index (χ3n) is 5.41. The van der Waals surface area contributed by atoms with Crippen LogP contribution in [0.5, 0.6) is 5.75 Å². The summed E-state index contributed by atoms with van der Waals surface area (Å²) in [5.74, 6) is 0.703. The minimum atomic E-state index is -0.212. The summed E-state index contributed by atoms with van der Waals surface area (Å²) in [6.07, 6.45) is 5.80. The molecular formula is C22H21N3O3. The van der Waals surface area contributed by atoms with E-state index in [4.69, 9.17) is 9.57 Å². The average molecular weight is 375 g/mol. The van der Waals surface area contributed by atoms with Gasteiger partial charge in [-0.2, -0.15) is 0 Å². The summed E-state index contributed by atoms with van der Waals surface area (Å²) in [6, 6.07) is 15.7. The number of hydrogen-bond acceptors (Lipinski definition) is 4. The number of hydrogen-bond donors (Lipinski definition) is 1. The van der Waals surface area contributed by atoms with Crippen LogP contribution in [0.3, 0.4) is 0 Å². The van der Waals surface area contributed by atoms with Gasteiger partial charge in [-0.05, 0) is 42.0 Å². The van der Waals surface area contributed by atoms with Gasteiger partial charge in [-0.15, -0.1) is 0 Å². The van der Waals surface area contributed by atoms with Crippen molar-refractivity contribution in [2.75, 3.05) is 20.3 Å². The van der Waals surface area contributed by atoms with Crippen molar-refractivity contribution in [3.8, 4) is 5.75 Å². The van der Waals surface area contributed by atoms with Crippen molar-refractivity contribution in [3.05, 3.63) is 78.0 Å². The van der Waals surface area contributed by atoms with Crippen LogP contribution in [-0.2, 0) is 4.84 Å². The predicted octanol–water partition coefficient (Wildman–Crippen LogP) is 3.50. The number of hydroxylamine groups is 2. The molecule has 2 aliphatic heterocycles. The number of nitrogens with zero attached hydrogens (tertiary/aromatic N) is 2. The SMILES string of the molecule is COc1ccc(C2C3C=CCN2CN(C(=O)c2ccc4[nH]ccc4c2)O3)cc1. The first-order valence-corrected chi connectivity index (χ1v) is 9.33. The zero-order valence-electron chi connectivity index (χ0n) is 15.5. The number of ether oxygens (including phenoxy) is 1. The molecule has 0 spiro atoms. The number of carbonyl (C=O) groups is 1. The summed E-state index contributed by atoms with van der Waals surface area (Å²) in [5.41, 5.74) is 2.79. The van der Waals surface area contributed by atoms with Gasteiger partial charge in [0.1, 0.15) is 18.5 Å². The third-order valence-corrected chi connectivity index (χ3v) is 5.41. The molecule has 2 aliphatic rings. The van der Waals surface area contributed by atoms with Crippen LogP contribution in [0.25, 0.3) is 10.9 Å². The van der Waals surface area contributed by atoms with Crippen LogP contribution in [0.4, 0.5) is 0 Å². The van der Waals surface area contributed by atoms with Crippen molar-refractivity contribution in [2.24, 2.45) is 0 Å². The van der Waals surface area contributed by atoms with E-state index < -0.39 is 0 Å². The summed E-state index contributed by atoms with van der Waals surface area (Å²) in [7, 11) is 1.66. The second-order valence-corrected chi connectivity index (χ2v) is 7.09. The molecule has 3 heterocycles. The second kappa shape index (κ2) is 6.82. The summed E-state index contributed by atoms with van der Waals surface area (Å²) in [5, 5.41) is 2.49. The van der Waals surface area contributed by atoms with Crippen molar-refractivity contribution < 1.29 is 14.4 Å². The molecule has 0 radical (unpaired) electrons. The lowest BCUT2D eigenvalue weighted by atomic mass is 9.96. The maximum absolute atomic E-state index is 13.0. The molecule has 142 valence electrons. The Morgan fingerprint density at radius 1 is 1.18 bits per heavy atom. The lowest BCUT2D eigenvalue weighted by Crippen LogP contribution is -2.55. The zero-order valence-corrected chi connectivity index (χ0v) is 15.5. The fourth-order valence-electron chi connectivity index (χ4n) is 3.98. The molecule has 3 unspecified atom stereocenters. The van der Waals surface area contributed by atoms with Crippen molar-refractivity contribution in [2.45, 2.75) is 12.1 Å². The normalized spacial score (nSPS) is 23.8. The first kappa shape index (κ1) is 17.0. The summed E-state index contributed by atoms with van der Waals surface area (Å²) < 4.78 is 5.26. The van der Waals surface area contributed by atoms with Crippen LogP contribution >= 0.6 is 0 Å². The minimum Gasteiger partial charge on any atom is -0.497 e. The van der Waals surface area contributed by atoms with E-state index in [0.29, 0.717) is 12.2 Å². The Bertz CT molecular complexity index is 1040. The fraction of sp³-hybridized carbons (Fsp3) is 0.227. The number of nitrogens with one attached hydrogen (secondary N) is 1. The van der Waals surface area contributed by atoms with Crippen LogP contribution in [-0.4, -0.2) is 47.3 Å². The van der Waals surface area contributed by atoms with Gasteiger partial charge in [0.2, 0.25) is 0 Å². The highest BCUT2D eigenvalue weighted by Gasteiger charge is 2.39. The molecule has 2 aromatic carbocycles. The molecule has 1 aromatic heterocycles. The first-order valence-electron chi connectivity index (χ1n) is 9.33. The summed E-state index contributed by atoms with van der Waals surface area (Å²) in [6.45, 7) is 1.19. The molecule has 3 atom stereocenters. The third kappa shape index (κ3) is 2.87. The molecule has 6 heteroatoms. The first-order chi connectivity index (χ1) is 13.7. The van der Waals surface area contributed by atoms with Crippen LogP contribution in [0.15, 0.2) is 66.9 Å². The van der Waals surface area contributed by atoms with Crippen LogP contribution in [0.2, 0.25) is 0 Å². The number of methoxy groups -OCH3 is 1. The Morgan fingerprint density at radius 2 is 2.04 bits per heavy atom. The number of amides is 1. The van der Waals surface area contributed by atoms with Crippen LogP contribution in [0, 0.1) is 0 Å². The van der Waals surface area contributed by atoms with E-state index in [1.807, 2.05) is 48.7 Å². The second-order valence-electron chi connectivity index (χ2n) is 7.09. The topological polar surface area (TPSA) is 57.8 Å². The number of aromatic amines is 1. The Kier molecular flexibility index (Phi) is 4.15. The molecule has 0 saturated carbocycles. The van der Waals surface area contributed by atoms with Gasteiger partial charge in [0, 0.05) is 29.2 Å². The molecule has 6 nitrogen and oxygen atoms in total. The highest BCUT2D eigenvalue weighted by molar-refractivity contribution is 5.97. The summed E-state index contributed by atoms with van der Waals surface area (Å²) >= 11 is 0. The molecule has 2 bridgehead atoms. The van der Waals surface area contributed by atoms with E-state index in [-0.39, 0.29) is 18.1 Å². The number of fused-ring (bicyclic) bond motifs is 3. The van der Waals surface area contributed by atoms with Gasteiger partial charge in [0.15, 0.2) is 0 Å². The average Bonchev–Trinajstić information content (AvgIpc) is 3.20. The van der Waals surface area contributed by atoms with Crippen molar-refractivity contribution in [1.29, 1.82) is 0 Å². The lowest BCUT2D eigenvalue weighted by Gasteiger charge is -2.46.